The summed E-state index contributed by atoms with van der Waals surface area (Å²) >= 11 is 4.67. The van der Waals surface area contributed by atoms with Crippen LogP contribution < -0.4 is 0 Å². The average Bonchev–Trinajstić information content (AvgIpc) is 2.62. The van der Waals surface area contributed by atoms with E-state index in [2.05, 4.69) is 25.9 Å². The van der Waals surface area contributed by atoms with Crippen LogP contribution in [0.5, 0.6) is 0 Å². The molecule has 0 aliphatic heterocycles. The number of aryl methyl sites for hydroxylation is 1. The van der Waals surface area contributed by atoms with Gasteiger partial charge in [-0.15, -0.1) is 0 Å². The Hall–Kier alpha value is -1.70. The first-order valence-corrected chi connectivity index (χ1v) is 11.4. The number of halogens is 1. The van der Waals surface area contributed by atoms with E-state index in [0.717, 1.165) is 21.4 Å². The van der Waals surface area contributed by atoms with Gasteiger partial charge in [0.15, 0.2) is 15.0 Å². The Bertz CT molecular complexity index is 992. The number of thioether (sulfide) groups is 1. The molecule has 4 nitrogen and oxygen atoms in total. The molecule has 0 radical (unpaired) electrons. The number of hydrogen-bond donors (Lipinski definition) is 0. The van der Waals surface area contributed by atoms with E-state index in [0.29, 0.717) is 15.8 Å². The smallest absolute Gasteiger partial charge is 0.188 e. The fraction of sp³-hybridized carbons (Fsp3) is 0.158. The van der Waals surface area contributed by atoms with Gasteiger partial charge in [-0.2, -0.15) is 0 Å². The van der Waals surface area contributed by atoms with E-state index in [1.165, 1.54) is 11.8 Å². The fourth-order valence-corrected chi connectivity index (χ4v) is 5.18. The molecule has 0 amide bonds. The molecule has 0 N–H and O–H groups in total. The second kappa shape index (κ2) is 8.33. The van der Waals surface area contributed by atoms with Gasteiger partial charge in [-0.3, -0.25) is 0 Å². The summed E-state index contributed by atoms with van der Waals surface area (Å²) in [5.74, 6) is 0.438. The first-order valence-electron chi connectivity index (χ1n) is 7.96. The Morgan fingerprint density at radius 3 is 2.38 bits per heavy atom. The van der Waals surface area contributed by atoms with E-state index in [9.17, 15) is 8.42 Å². The lowest BCUT2D eigenvalue weighted by molar-refractivity contribution is 0.597. The average molecular weight is 449 g/mol. The van der Waals surface area contributed by atoms with Gasteiger partial charge in [-0.05, 0) is 37.3 Å². The number of hydrogen-bond acceptors (Lipinski definition) is 5. The highest BCUT2D eigenvalue weighted by Gasteiger charge is 2.15. The van der Waals surface area contributed by atoms with Gasteiger partial charge < -0.3 is 0 Å². The van der Waals surface area contributed by atoms with Crippen molar-refractivity contribution in [2.75, 3.05) is 11.5 Å². The lowest BCUT2D eigenvalue weighted by atomic mass is 10.1. The molecule has 3 rings (SSSR count). The summed E-state index contributed by atoms with van der Waals surface area (Å²) in [6.45, 7) is 1.91. The van der Waals surface area contributed by atoms with Gasteiger partial charge in [0, 0.05) is 21.5 Å². The maximum absolute atomic E-state index is 12.4. The molecule has 0 saturated heterocycles. The summed E-state index contributed by atoms with van der Waals surface area (Å²) in [5.41, 5.74) is 2.72. The van der Waals surface area contributed by atoms with Crippen molar-refractivity contribution >= 4 is 37.5 Å². The normalized spacial score (nSPS) is 11.5. The number of sulfone groups is 1. The minimum Gasteiger partial charge on any atom is -0.228 e. The molecule has 1 heterocycles. The van der Waals surface area contributed by atoms with Crippen molar-refractivity contribution in [2.24, 2.45) is 0 Å². The van der Waals surface area contributed by atoms with Gasteiger partial charge >= 0.3 is 0 Å². The van der Waals surface area contributed by atoms with Crippen LogP contribution in [0.1, 0.15) is 5.69 Å². The topological polar surface area (TPSA) is 59.9 Å². The monoisotopic (exact) mass is 448 g/mol. The molecular formula is C19H17BrN2O2S2. The van der Waals surface area contributed by atoms with Crippen molar-refractivity contribution in [3.05, 3.63) is 70.8 Å². The van der Waals surface area contributed by atoms with E-state index in [4.69, 9.17) is 0 Å². The second-order valence-corrected chi connectivity index (χ2v) is 9.75. The van der Waals surface area contributed by atoms with Crippen LogP contribution in [-0.2, 0) is 9.84 Å². The van der Waals surface area contributed by atoms with E-state index >= 15 is 0 Å². The van der Waals surface area contributed by atoms with Crippen molar-refractivity contribution in [1.29, 1.82) is 0 Å². The van der Waals surface area contributed by atoms with Crippen molar-refractivity contribution in [3.8, 4) is 11.3 Å². The number of benzene rings is 2. The molecule has 0 bridgehead atoms. The molecule has 0 atom stereocenters. The molecule has 3 aromatic rings. The summed E-state index contributed by atoms with van der Waals surface area (Å²) < 4.78 is 25.7. The van der Waals surface area contributed by atoms with Gasteiger partial charge in [0.1, 0.15) is 0 Å². The van der Waals surface area contributed by atoms with Crippen molar-refractivity contribution in [1.82, 2.24) is 9.97 Å². The van der Waals surface area contributed by atoms with Crippen LogP contribution in [0.3, 0.4) is 0 Å². The van der Waals surface area contributed by atoms with Gasteiger partial charge in [-0.1, -0.05) is 58.0 Å². The number of rotatable bonds is 6. The standard InChI is InChI=1S/C19H17BrN2O2S2/c1-14-13-18(15-5-3-2-4-6-15)22-19(21-14)25-11-12-26(23,24)17-9-7-16(20)8-10-17/h2-10,13H,11-12H2,1H3. The van der Waals surface area contributed by atoms with Crippen LogP contribution in [0.4, 0.5) is 0 Å². The zero-order valence-electron chi connectivity index (χ0n) is 14.1. The molecule has 0 aliphatic rings. The van der Waals surface area contributed by atoms with E-state index < -0.39 is 9.84 Å². The largest absolute Gasteiger partial charge is 0.228 e. The minimum absolute atomic E-state index is 0.0390. The molecule has 26 heavy (non-hydrogen) atoms. The Kier molecular flexibility index (Phi) is 6.11. The predicted octanol–water partition coefficient (Wildman–Crippen LogP) is 4.78. The molecule has 0 unspecified atom stereocenters. The fourth-order valence-electron chi connectivity index (χ4n) is 2.37. The van der Waals surface area contributed by atoms with Gasteiger partial charge in [0.25, 0.3) is 0 Å². The Balaban J connectivity index is 1.70. The number of aromatic nitrogens is 2. The molecular weight excluding hydrogens is 432 g/mol. The highest BCUT2D eigenvalue weighted by atomic mass is 79.9. The first-order chi connectivity index (χ1) is 12.4. The third kappa shape index (κ3) is 4.93. The Labute approximate surface area is 166 Å². The maximum atomic E-state index is 12.4. The van der Waals surface area contributed by atoms with Crippen LogP contribution in [-0.4, -0.2) is 29.9 Å². The second-order valence-electron chi connectivity index (χ2n) is 5.66. The lowest BCUT2D eigenvalue weighted by Gasteiger charge is -2.07. The van der Waals surface area contributed by atoms with E-state index in [1.807, 2.05) is 43.3 Å². The van der Waals surface area contributed by atoms with E-state index in [-0.39, 0.29) is 5.75 Å². The van der Waals surface area contributed by atoms with Crippen LogP contribution >= 0.6 is 27.7 Å². The Morgan fingerprint density at radius 1 is 1.00 bits per heavy atom. The minimum atomic E-state index is -3.32. The van der Waals surface area contributed by atoms with Crippen LogP contribution in [0.15, 0.2) is 75.2 Å². The predicted molar refractivity (Wildman–Crippen MR) is 109 cm³/mol. The maximum Gasteiger partial charge on any atom is 0.188 e. The highest BCUT2D eigenvalue weighted by molar-refractivity contribution is 9.10. The summed E-state index contributed by atoms with van der Waals surface area (Å²) in [4.78, 5) is 9.30. The quantitative estimate of drug-likeness (QED) is 0.401. The van der Waals surface area contributed by atoms with Crippen molar-refractivity contribution < 1.29 is 8.42 Å². The van der Waals surface area contributed by atoms with Gasteiger partial charge in [0.05, 0.1) is 16.3 Å². The highest BCUT2D eigenvalue weighted by Crippen LogP contribution is 2.23. The Morgan fingerprint density at radius 2 is 1.69 bits per heavy atom. The first kappa shape index (κ1) is 19.1. The zero-order valence-corrected chi connectivity index (χ0v) is 17.3. The van der Waals surface area contributed by atoms with Crippen LogP contribution in [0.25, 0.3) is 11.3 Å². The third-order valence-electron chi connectivity index (χ3n) is 3.66. The SMILES string of the molecule is Cc1cc(-c2ccccc2)nc(SCCS(=O)(=O)c2ccc(Br)cc2)n1. The molecule has 0 fully saturated rings. The molecule has 0 saturated carbocycles. The molecule has 134 valence electrons. The van der Waals surface area contributed by atoms with Crippen LogP contribution in [0.2, 0.25) is 0 Å². The number of nitrogens with zero attached hydrogens (tertiary/aromatic N) is 2. The third-order valence-corrected chi connectivity index (χ3v) is 7.03. The molecule has 2 aromatic carbocycles. The summed E-state index contributed by atoms with van der Waals surface area (Å²) in [7, 11) is -3.32. The lowest BCUT2D eigenvalue weighted by Crippen LogP contribution is -2.09. The van der Waals surface area contributed by atoms with Gasteiger partial charge in [0.2, 0.25) is 0 Å². The summed E-state index contributed by atoms with van der Waals surface area (Å²) in [5, 5.41) is 0.592. The molecule has 0 aliphatic carbocycles. The van der Waals surface area contributed by atoms with Crippen molar-refractivity contribution in [2.45, 2.75) is 17.0 Å². The zero-order chi connectivity index (χ0) is 18.6. The van der Waals surface area contributed by atoms with Crippen LogP contribution in [0, 0.1) is 6.92 Å². The molecule has 0 spiro atoms. The molecule has 1 aromatic heterocycles. The summed E-state index contributed by atoms with van der Waals surface area (Å²) in [6, 6.07) is 18.5. The molecule has 7 heteroatoms. The summed E-state index contributed by atoms with van der Waals surface area (Å²) in [6.07, 6.45) is 0. The van der Waals surface area contributed by atoms with E-state index in [1.54, 1.807) is 24.3 Å². The van der Waals surface area contributed by atoms with Gasteiger partial charge in [-0.25, -0.2) is 18.4 Å². The van der Waals surface area contributed by atoms with Crippen molar-refractivity contribution in [3.63, 3.8) is 0 Å².